The van der Waals surface area contributed by atoms with Crippen molar-refractivity contribution in [3.63, 3.8) is 0 Å². The number of nitrogens with one attached hydrogen (secondary N) is 1. The zero-order valence-electron chi connectivity index (χ0n) is 11.8. The number of rotatable bonds is 4. The largest absolute Gasteiger partial charge is 0.490 e. The Balaban J connectivity index is 1.98. The molecule has 0 aliphatic carbocycles. The molecule has 0 spiro atoms. The SMILES string of the molecule is C=C(C)CNC(N)=NCc1ccc2c(c1)OCCCO2. The molecule has 0 atom stereocenters. The summed E-state index contributed by atoms with van der Waals surface area (Å²) in [5, 5.41) is 3.00. The third-order valence-corrected chi connectivity index (χ3v) is 2.82. The molecule has 0 saturated carbocycles. The van der Waals surface area contributed by atoms with Gasteiger partial charge in [0.05, 0.1) is 19.8 Å². The maximum Gasteiger partial charge on any atom is 0.189 e. The van der Waals surface area contributed by atoms with Crippen molar-refractivity contribution in [3.8, 4) is 11.5 Å². The molecule has 5 nitrogen and oxygen atoms in total. The Morgan fingerprint density at radius 3 is 2.85 bits per heavy atom. The molecule has 1 aliphatic rings. The lowest BCUT2D eigenvalue weighted by Crippen LogP contribution is -2.32. The van der Waals surface area contributed by atoms with Crippen LogP contribution in [0.4, 0.5) is 0 Å². The summed E-state index contributed by atoms with van der Waals surface area (Å²) in [6.07, 6.45) is 0.903. The van der Waals surface area contributed by atoms with Crippen LogP contribution in [0.3, 0.4) is 0 Å². The van der Waals surface area contributed by atoms with Crippen LogP contribution in [0, 0.1) is 0 Å². The van der Waals surface area contributed by atoms with E-state index < -0.39 is 0 Å². The van der Waals surface area contributed by atoms with Gasteiger partial charge in [0, 0.05) is 13.0 Å². The lowest BCUT2D eigenvalue weighted by atomic mass is 10.2. The van der Waals surface area contributed by atoms with Crippen LogP contribution < -0.4 is 20.5 Å². The van der Waals surface area contributed by atoms with Gasteiger partial charge in [-0.15, -0.1) is 0 Å². The molecule has 2 rings (SSSR count). The quantitative estimate of drug-likeness (QED) is 0.500. The predicted octanol–water partition coefficient (Wildman–Crippen LogP) is 1.83. The highest BCUT2D eigenvalue weighted by Crippen LogP contribution is 2.30. The summed E-state index contributed by atoms with van der Waals surface area (Å²) in [4.78, 5) is 4.28. The fourth-order valence-corrected chi connectivity index (χ4v) is 1.78. The first-order valence-electron chi connectivity index (χ1n) is 6.72. The zero-order valence-corrected chi connectivity index (χ0v) is 11.8. The van der Waals surface area contributed by atoms with E-state index in [1.807, 2.05) is 25.1 Å². The number of benzene rings is 1. The van der Waals surface area contributed by atoms with Crippen molar-refractivity contribution in [2.75, 3.05) is 19.8 Å². The van der Waals surface area contributed by atoms with E-state index in [2.05, 4.69) is 16.9 Å². The van der Waals surface area contributed by atoms with Crippen molar-refractivity contribution < 1.29 is 9.47 Å². The Kier molecular flexibility index (Phi) is 4.87. The number of aliphatic imine (C=N–C) groups is 1. The Bertz CT molecular complexity index is 512. The van der Waals surface area contributed by atoms with Crippen LogP contribution >= 0.6 is 0 Å². The number of hydrogen-bond donors (Lipinski definition) is 2. The second-order valence-corrected chi connectivity index (χ2v) is 4.84. The van der Waals surface area contributed by atoms with Gasteiger partial charge in [-0.25, -0.2) is 4.99 Å². The van der Waals surface area contributed by atoms with Crippen LogP contribution in [0.5, 0.6) is 11.5 Å². The van der Waals surface area contributed by atoms with E-state index in [-0.39, 0.29) is 0 Å². The minimum Gasteiger partial charge on any atom is -0.490 e. The third-order valence-electron chi connectivity index (χ3n) is 2.82. The number of nitrogens with two attached hydrogens (primary N) is 1. The summed E-state index contributed by atoms with van der Waals surface area (Å²) >= 11 is 0. The lowest BCUT2D eigenvalue weighted by molar-refractivity contribution is 0.297. The molecule has 0 saturated heterocycles. The van der Waals surface area contributed by atoms with E-state index in [1.54, 1.807) is 0 Å². The first kappa shape index (κ1) is 14.2. The first-order chi connectivity index (χ1) is 9.65. The molecule has 0 radical (unpaired) electrons. The van der Waals surface area contributed by atoms with E-state index in [4.69, 9.17) is 15.2 Å². The Morgan fingerprint density at radius 1 is 1.35 bits per heavy atom. The molecule has 0 bridgehead atoms. The van der Waals surface area contributed by atoms with Crippen LogP contribution in [0.15, 0.2) is 35.3 Å². The van der Waals surface area contributed by atoms with Crippen molar-refractivity contribution in [2.45, 2.75) is 19.9 Å². The van der Waals surface area contributed by atoms with Crippen molar-refractivity contribution in [2.24, 2.45) is 10.7 Å². The van der Waals surface area contributed by atoms with Crippen LogP contribution in [0.2, 0.25) is 0 Å². The number of hydrogen-bond acceptors (Lipinski definition) is 3. The van der Waals surface area contributed by atoms with Crippen LogP contribution in [-0.2, 0) is 6.54 Å². The first-order valence-corrected chi connectivity index (χ1v) is 6.72. The smallest absolute Gasteiger partial charge is 0.189 e. The van der Waals surface area contributed by atoms with Crippen molar-refractivity contribution in [1.29, 1.82) is 0 Å². The predicted molar refractivity (Wildman–Crippen MR) is 80.2 cm³/mol. The van der Waals surface area contributed by atoms with Gasteiger partial charge in [0.15, 0.2) is 17.5 Å². The highest BCUT2D eigenvalue weighted by Gasteiger charge is 2.10. The van der Waals surface area contributed by atoms with Crippen molar-refractivity contribution >= 4 is 5.96 Å². The minimum absolute atomic E-state index is 0.417. The minimum atomic E-state index is 0.417. The van der Waals surface area contributed by atoms with Crippen LogP contribution in [0.25, 0.3) is 0 Å². The van der Waals surface area contributed by atoms with Crippen LogP contribution in [-0.4, -0.2) is 25.7 Å². The molecular weight excluding hydrogens is 254 g/mol. The summed E-state index contributed by atoms with van der Waals surface area (Å²) in [5.74, 6) is 1.99. The molecule has 0 unspecified atom stereocenters. The summed E-state index contributed by atoms with van der Waals surface area (Å²) in [7, 11) is 0. The standard InChI is InChI=1S/C15H21N3O2/c1-11(2)9-17-15(16)18-10-12-4-5-13-14(8-12)20-7-3-6-19-13/h4-5,8H,1,3,6-7,9-10H2,2H3,(H3,16,17,18). The molecule has 108 valence electrons. The molecule has 0 fully saturated rings. The van der Waals surface area contributed by atoms with E-state index >= 15 is 0 Å². The molecule has 0 amide bonds. The third kappa shape index (κ3) is 4.19. The molecule has 5 heteroatoms. The Morgan fingerprint density at radius 2 is 2.10 bits per heavy atom. The van der Waals surface area contributed by atoms with E-state index in [1.165, 1.54) is 0 Å². The van der Waals surface area contributed by atoms with Gasteiger partial charge in [-0.1, -0.05) is 18.2 Å². The van der Waals surface area contributed by atoms with Gasteiger partial charge in [-0.2, -0.15) is 0 Å². The van der Waals surface area contributed by atoms with Gasteiger partial charge in [0.2, 0.25) is 0 Å². The molecule has 0 aromatic heterocycles. The zero-order chi connectivity index (χ0) is 14.4. The van der Waals surface area contributed by atoms with Crippen molar-refractivity contribution in [1.82, 2.24) is 5.32 Å². The fourth-order valence-electron chi connectivity index (χ4n) is 1.78. The Hall–Kier alpha value is -2.17. The normalized spacial score (nSPS) is 14.6. The lowest BCUT2D eigenvalue weighted by Gasteiger charge is -2.09. The van der Waals surface area contributed by atoms with E-state index in [9.17, 15) is 0 Å². The second kappa shape index (κ2) is 6.84. The second-order valence-electron chi connectivity index (χ2n) is 4.84. The summed E-state index contributed by atoms with van der Waals surface area (Å²) in [6, 6.07) is 5.85. The number of ether oxygens (including phenoxy) is 2. The maximum atomic E-state index is 5.77. The van der Waals surface area contributed by atoms with Crippen molar-refractivity contribution in [3.05, 3.63) is 35.9 Å². The highest BCUT2D eigenvalue weighted by molar-refractivity contribution is 5.78. The molecule has 20 heavy (non-hydrogen) atoms. The molecular formula is C15H21N3O2. The average molecular weight is 275 g/mol. The fraction of sp³-hybridized carbons (Fsp3) is 0.400. The molecule has 1 aromatic rings. The van der Waals surface area contributed by atoms with Gasteiger partial charge in [-0.3, -0.25) is 0 Å². The maximum absolute atomic E-state index is 5.77. The molecule has 1 heterocycles. The monoisotopic (exact) mass is 275 g/mol. The summed E-state index contributed by atoms with van der Waals surface area (Å²) in [6.45, 7) is 8.25. The topological polar surface area (TPSA) is 68.9 Å². The molecule has 3 N–H and O–H groups in total. The van der Waals surface area contributed by atoms with Gasteiger partial charge in [0.1, 0.15) is 0 Å². The average Bonchev–Trinajstić information content (AvgIpc) is 2.67. The summed E-state index contributed by atoms with van der Waals surface area (Å²) in [5.41, 5.74) is 7.82. The van der Waals surface area contributed by atoms with E-state index in [0.717, 1.165) is 29.1 Å². The van der Waals surface area contributed by atoms with Crippen LogP contribution in [0.1, 0.15) is 18.9 Å². The number of guanidine groups is 1. The van der Waals surface area contributed by atoms with Gasteiger partial charge in [0.25, 0.3) is 0 Å². The number of fused-ring (bicyclic) bond motifs is 1. The Labute approximate surface area is 119 Å². The van der Waals surface area contributed by atoms with Gasteiger partial charge < -0.3 is 20.5 Å². The molecule has 1 aromatic carbocycles. The molecule has 1 aliphatic heterocycles. The summed E-state index contributed by atoms with van der Waals surface area (Å²) < 4.78 is 11.2. The van der Waals surface area contributed by atoms with Gasteiger partial charge in [-0.05, 0) is 24.6 Å². The highest BCUT2D eigenvalue weighted by atomic mass is 16.5. The van der Waals surface area contributed by atoms with Gasteiger partial charge >= 0.3 is 0 Å². The van der Waals surface area contributed by atoms with E-state index in [0.29, 0.717) is 32.3 Å². The number of nitrogens with zero attached hydrogens (tertiary/aromatic N) is 1.